The van der Waals surface area contributed by atoms with Gasteiger partial charge in [0.05, 0.1) is 12.2 Å². The molecule has 3 rings (SSSR count). The van der Waals surface area contributed by atoms with Crippen LogP contribution in [0.5, 0.6) is 5.75 Å². The Morgan fingerprint density at radius 2 is 2.21 bits per heavy atom. The van der Waals surface area contributed by atoms with Crippen molar-refractivity contribution in [3.63, 3.8) is 0 Å². The molecule has 1 aliphatic heterocycles. The number of para-hydroxylation sites is 1. The predicted octanol–water partition coefficient (Wildman–Crippen LogP) is 3.97. The molecule has 0 saturated carbocycles. The van der Waals surface area contributed by atoms with Gasteiger partial charge in [-0.1, -0.05) is 19.1 Å². The minimum absolute atomic E-state index is 0.0833. The highest BCUT2D eigenvalue weighted by atomic mass is 32.1. The van der Waals surface area contributed by atoms with Crippen molar-refractivity contribution in [2.45, 2.75) is 26.5 Å². The Morgan fingerprint density at radius 3 is 2.90 bits per heavy atom. The summed E-state index contributed by atoms with van der Waals surface area (Å²) in [6.07, 6.45) is 2.27. The van der Waals surface area contributed by atoms with Gasteiger partial charge in [-0.2, -0.15) is 8.78 Å². The minimum atomic E-state index is -2.91. The Hall–Kier alpha value is -2.10. The molecule has 0 spiro atoms. The number of aromatic nitrogens is 1. The second kappa shape index (κ2) is 9.15. The normalized spacial score (nSPS) is 22.7. The summed E-state index contributed by atoms with van der Waals surface area (Å²) in [6, 6.07) is 6.55. The van der Waals surface area contributed by atoms with Gasteiger partial charge in [0.15, 0.2) is 0 Å². The summed E-state index contributed by atoms with van der Waals surface area (Å²) in [5.41, 5.74) is -0.423. The van der Waals surface area contributed by atoms with Crippen molar-refractivity contribution in [2.75, 3.05) is 26.8 Å². The van der Waals surface area contributed by atoms with Crippen LogP contribution in [0.3, 0.4) is 0 Å². The second-order valence-electron chi connectivity index (χ2n) is 7.50. The van der Waals surface area contributed by atoms with E-state index in [1.54, 1.807) is 24.4 Å². The molecule has 1 unspecified atom stereocenters. The summed E-state index contributed by atoms with van der Waals surface area (Å²) in [4.78, 5) is 19.3. The first-order valence-corrected chi connectivity index (χ1v) is 10.1. The largest absolute Gasteiger partial charge is 0.481 e. The molecule has 1 saturated heterocycles. The number of carboxylic acids is 1. The number of thiazole rings is 1. The maximum Gasteiger partial charge on any atom is 0.387 e. The number of hydrogen-bond acceptors (Lipinski definition) is 6. The van der Waals surface area contributed by atoms with Gasteiger partial charge in [0, 0.05) is 37.8 Å². The molecule has 1 N–H and O–H groups in total. The van der Waals surface area contributed by atoms with Crippen LogP contribution in [0.1, 0.15) is 18.2 Å². The van der Waals surface area contributed by atoms with Gasteiger partial charge in [-0.05, 0) is 24.5 Å². The molecule has 0 radical (unpaired) electrons. The van der Waals surface area contributed by atoms with Crippen LogP contribution >= 0.6 is 11.3 Å². The third-order valence-corrected chi connectivity index (χ3v) is 5.99. The summed E-state index contributed by atoms with van der Waals surface area (Å²) < 4.78 is 35.1. The molecular weight excluding hydrogens is 402 g/mol. The van der Waals surface area contributed by atoms with Gasteiger partial charge in [0.1, 0.15) is 16.2 Å². The van der Waals surface area contributed by atoms with E-state index in [1.165, 1.54) is 24.5 Å². The number of alkyl halides is 2. The van der Waals surface area contributed by atoms with E-state index < -0.39 is 18.0 Å². The Kier molecular flexibility index (Phi) is 6.81. The summed E-state index contributed by atoms with van der Waals surface area (Å²) >= 11 is 1.39. The van der Waals surface area contributed by atoms with Crippen LogP contribution in [-0.2, 0) is 16.1 Å². The van der Waals surface area contributed by atoms with Crippen LogP contribution in [0.25, 0.3) is 10.6 Å². The van der Waals surface area contributed by atoms with E-state index in [0.717, 1.165) is 11.4 Å². The lowest BCUT2D eigenvalue weighted by Gasteiger charge is -2.42. The molecule has 0 amide bonds. The van der Waals surface area contributed by atoms with Gasteiger partial charge >= 0.3 is 12.6 Å². The molecule has 158 valence electrons. The van der Waals surface area contributed by atoms with Crippen molar-refractivity contribution in [3.05, 3.63) is 35.3 Å². The Bertz CT molecular complexity index is 847. The van der Waals surface area contributed by atoms with Crippen LogP contribution in [0.4, 0.5) is 8.78 Å². The SMILES string of the molecule is COC[C@@]1(C(=O)O)CC(C)CN(Cc2cnc(-c3ccccc3OC(F)F)s2)C1. The van der Waals surface area contributed by atoms with Crippen molar-refractivity contribution < 1.29 is 28.2 Å². The van der Waals surface area contributed by atoms with Crippen molar-refractivity contribution in [1.29, 1.82) is 0 Å². The first-order chi connectivity index (χ1) is 13.8. The number of carbonyl (C=O) groups is 1. The molecule has 1 aromatic heterocycles. The zero-order valence-electron chi connectivity index (χ0n) is 16.3. The van der Waals surface area contributed by atoms with Gasteiger partial charge in [0.2, 0.25) is 0 Å². The molecule has 2 aromatic rings. The molecule has 0 bridgehead atoms. The number of likely N-dealkylation sites (tertiary alicyclic amines) is 1. The predicted molar refractivity (Wildman–Crippen MR) is 105 cm³/mol. The number of carboxylic acid groups (broad SMARTS) is 1. The quantitative estimate of drug-likeness (QED) is 0.689. The standard InChI is InChI=1S/C20H24F2N2O4S/c1-13-7-20(12-27-2,18(25)26)11-24(9-13)10-14-8-23-17(29-14)15-5-3-4-6-16(15)28-19(21)22/h3-6,8,13,19H,7,9-12H2,1-2H3,(H,25,26)/t13?,20-/m1/s1. The number of nitrogens with zero attached hydrogens (tertiary/aromatic N) is 2. The first-order valence-electron chi connectivity index (χ1n) is 9.26. The second-order valence-corrected chi connectivity index (χ2v) is 8.62. The van der Waals surface area contributed by atoms with Crippen LogP contribution < -0.4 is 4.74 Å². The number of piperidine rings is 1. The molecule has 29 heavy (non-hydrogen) atoms. The summed E-state index contributed by atoms with van der Waals surface area (Å²) in [5, 5.41) is 10.4. The number of benzene rings is 1. The summed E-state index contributed by atoms with van der Waals surface area (Å²) in [5.74, 6) is -0.554. The zero-order valence-corrected chi connectivity index (χ0v) is 17.1. The molecule has 1 aliphatic rings. The van der Waals surface area contributed by atoms with E-state index in [0.29, 0.717) is 30.1 Å². The Morgan fingerprint density at radius 1 is 1.45 bits per heavy atom. The van der Waals surface area contributed by atoms with Crippen molar-refractivity contribution >= 4 is 17.3 Å². The van der Waals surface area contributed by atoms with Gasteiger partial charge in [-0.15, -0.1) is 11.3 Å². The Labute approximate surface area is 172 Å². The lowest BCUT2D eigenvalue weighted by atomic mass is 9.76. The average molecular weight is 426 g/mol. The van der Waals surface area contributed by atoms with E-state index in [1.807, 2.05) is 6.92 Å². The molecule has 0 aliphatic carbocycles. The molecule has 2 heterocycles. The fourth-order valence-corrected chi connectivity index (χ4v) is 5.00. The highest BCUT2D eigenvalue weighted by Gasteiger charge is 2.45. The number of halogens is 2. The highest BCUT2D eigenvalue weighted by molar-refractivity contribution is 7.15. The van der Waals surface area contributed by atoms with Gasteiger partial charge < -0.3 is 14.6 Å². The zero-order chi connectivity index (χ0) is 21.0. The molecule has 6 nitrogen and oxygen atoms in total. The molecular formula is C20H24F2N2O4S. The molecule has 1 aromatic carbocycles. The molecule has 1 fully saturated rings. The smallest absolute Gasteiger partial charge is 0.387 e. The van der Waals surface area contributed by atoms with E-state index >= 15 is 0 Å². The fourth-order valence-electron chi connectivity index (χ4n) is 4.02. The monoisotopic (exact) mass is 426 g/mol. The van der Waals surface area contributed by atoms with Gasteiger partial charge in [-0.3, -0.25) is 9.69 Å². The van der Waals surface area contributed by atoms with Crippen LogP contribution in [0.15, 0.2) is 30.5 Å². The first kappa shape index (κ1) is 21.6. The fraction of sp³-hybridized carbons (Fsp3) is 0.500. The highest BCUT2D eigenvalue weighted by Crippen LogP contribution is 2.37. The van der Waals surface area contributed by atoms with Crippen LogP contribution in [0.2, 0.25) is 0 Å². The van der Waals surface area contributed by atoms with Crippen LogP contribution in [-0.4, -0.2) is 54.4 Å². The van der Waals surface area contributed by atoms with E-state index in [4.69, 9.17) is 4.74 Å². The topological polar surface area (TPSA) is 71.9 Å². The summed E-state index contributed by atoms with van der Waals surface area (Å²) in [7, 11) is 1.52. The number of aliphatic carboxylic acids is 1. The third-order valence-electron chi connectivity index (χ3n) is 4.98. The van der Waals surface area contributed by atoms with Gasteiger partial charge in [0.25, 0.3) is 0 Å². The minimum Gasteiger partial charge on any atom is -0.481 e. The van der Waals surface area contributed by atoms with E-state index in [2.05, 4.69) is 14.6 Å². The number of hydrogen-bond donors (Lipinski definition) is 1. The lowest BCUT2D eigenvalue weighted by molar-refractivity contribution is -0.158. The number of rotatable bonds is 8. The van der Waals surface area contributed by atoms with Gasteiger partial charge in [-0.25, -0.2) is 4.98 Å². The number of methoxy groups -OCH3 is 1. The average Bonchev–Trinajstić information content (AvgIpc) is 3.09. The third kappa shape index (κ3) is 5.09. The summed E-state index contributed by atoms with van der Waals surface area (Å²) in [6.45, 7) is 0.995. The molecule has 2 atom stereocenters. The maximum absolute atomic E-state index is 12.7. The molecule has 9 heteroatoms. The maximum atomic E-state index is 12.7. The van der Waals surface area contributed by atoms with E-state index in [-0.39, 0.29) is 18.3 Å². The number of ether oxygens (including phenoxy) is 2. The van der Waals surface area contributed by atoms with Crippen molar-refractivity contribution in [2.24, 2.45) is 11.3 Å². The Balaban J connectivity index is 1.77. The van der Waals surface area contributed by atoms with E-state index in [9.17, 15) is 18.7 Å². The van der Waals surface area contributed by atoms with Crippen molar-refractivity contribution in [1.82, 2.24) is 9.88 Å². The van der Waals surface area contributed by atoms with Crippen molar-refractivity contribution in [3.8, 4) is 16.3 Å². The van der Waals surface area contributed by atoms with Crippen LogP contribution in [0, 0.1) is 11.3 Å². The lowest BCUT2D eigenvalue weighted by Crippen LogP contribution is -2.52.